The van der Waals surface area contributed by atoms with Crippen LogP contribution in [0.3, 0.4) is 0 Å². The number of anilines is 1. The molecule has 0 aliphatic carbocycles. The van der Waals surface area contributed by atoms with E-state index in [9.17, 15) is 4.79 Å². The molecule has 106 valence electrons. The second-order valence-electron chi connectivity index (χ2n) is 4.35. The fourth-order valence-corrected chi connectivity index (χ4v) is 1.85. The standard InChI is InChI=1S/C14H18N4O2/c1-3-20-13-7-10(6-11(15)8-13)14(19)16-9-12-4-5-17-18(12)2/h4-8H,3,9,15H2,1-2H3,(H,16,19). The van der Waals surface area contributed by atoms with Crippen molar-refractivity contribution in [3.63, 3.8) is 0 Å². The normalized spacial score (nSPS) is 10.3. The van der Waals surface area contributed by atoms with E-state index in [-0.39, 0.29) is 5.91 Å². The minimum atomic E-state index is -0.195. The first-order chi connectivity index (χ1) is 9.60. The predicted molar refractivity (Wildman–Crippen MR) is 76.4 cm³/mol. The average Bonchev–Trinajstić information content (AvgIpc) is 2.81. The zero-order chi connectivity index (χ0) is 14.5. The van der Waals surface area contributed by atoms with Gasteiger partial charge in [-0.3, -0.25) is 9.48 Å². The second kappa shape index (κ2) is 6.10. The van der Waals surface area contributed by atoms with Crippen LogP contribution in [-0.2, 0) is 13.6 Å². The Morgan fingerprint density at radius 1 is 1.45 bits per heavy atom. The van der Waals surface area contributed by atoms with Crippen LogP contribution in [0.15, 0.2) is 30.5 Å². The van der Waals surface area contributed by atoms with E-state index < -0.39 is 0 Å². The van der Waals surface area contributed by atoms with Gasteiger partial charge >= 0.3 is 0 Å². The van der Waals surface area contributed by atoms with Gasteiger partial charge in [-0.1, -0.05) is 0 Å². The first kappa shape index (κ1) is 13.9. The number of hydrogen-bond acceptors (Lipinski definition) is 4. The summed E-state index contributed by atoms with van der Waals surface area (Å²) in [4.78, 5) is 12.1. The van der Waals surface area contributed by atoms with Gasteiger partial charge in [0.05, 0.1) is 18.8 Å². The zero-order valence-corrected chi connectivity index (χ0v) is 11.6. The summed E-state index contributed by atoms with van der Waals surface area (Å²) in [5.41, 5.74) is 7.68. The Hall–Kier alpha value is -2.50. The highest BCUT2D eigenvalue weighted by Gasteiger charge is 2.09. The fourth-order valence-electron chi connectivity index (χ4n) is 1.85. The van der Waals surface area contributed by atoms with Gasteiger partial charge in [-0.15, -0.1) is 0 Å². The molecule has 0 bridgehead atoms. The van der Waals surface area contributed by atoms with E-state index in [4.69, 9.17) is 10.5 Å². The van der Waals surface area contributed by atoms with E-state index in [1.165, 1.54) is 0 Å². The number of nitrogens with two attached hydrogens (primary N) is 1. The number of benzene rings is 1. The van der Waals surface area contributed by atoms with Crippen molar-refractivity contribution in [3.05, 3.63) is 41.7 Å². The summed E-state index contributed by atoms with van der Waals surface area (Å²) < 4.78 is 7.09. The first-order valence-corrected chi connectivity index (χ1v) is 6.38. The van der Waals surface area contributed by atoms with E-state index in [2.05, 4.69) is 10.4 Å². The molecule has 0 atom stereocenters. The second-order valence-corrected chi connectivity index (χ2v) is 4.35. The lowest BCUT2D eigenvalue weighted by Gasteiger charge is -2.09. The largest absolute Gasteiger partial charge is 0.494 e. The molecule has 0 radical (unpaired) electrons. The molecule has 2 rings (SSSR count). The van der Waals surface area contributed by atoms with E-state index in [0.717, 1.165) is 5.69 Å². The Bertz CT molecular complexity index is 607. The lowest BCUT2D eigenvalue weighted by Crippen LogP contribution is -2.24. The highest BCUT2D eigenvalue weighted by molar-refractivity contribution is 5.95. The van der Waals surface area contributed by atoms with Gasteiger partial charge in [0.1, 0.15) is 5.75 Å². The molecule has 1 aromatic carbocycles. The van der Waals surface area contributed by atoms with Gasteiger partial charge in [0.25, 0.3) is 5.91 Å². The molecule has 0 spiro atoms. The van der Waals surface area contributed by atoms with Crippen molar-refractivity contribution in [2.24, 2.45) is 7.05 Å². The quantitative estimate of drug-likeness (QED) is 0.806. The van der Waals surface area contributed by atoms with Gasteiger partial charge < -0.3 is 15.8 Å². The highest BCUT2D eigenvalue weighted by atomic mass is 16.5. The predicted octanol–water partition coefficient (Wildman–Crippen LogP) is 1.33. The molecule has 3 N–H and O–H groups in total. The Morgan fingerprint density at radius 2 is 2.25 bits per heavy atom. The number of amides is 1. The topological polar surface area (TPSA) is 82.2 Å². The van der Waals surface area contributed by atoms with Crippen LogP contribution >= 0.6 is 0 Å². The maximum Gasteiger partial charge on any atom is 0.251 e. The SMILES string of the molecule is CCOc1cc(N)cc(C(=O)NCc2ccnn2C)c1. The van der Waals surface area contributed by atoms with E-state index >= 15 is 0 Å². The lowest BCUT2D eigenvalue weighted by atomic mass is 10.1. The molecule has 1 aromatic heterocycles. The van der Waals surface area contributed by atoms with Crippen molar-refractivity contribution in [1.29, 1.82) is 0 Å². The molecule has 6 heteroatoms. The fraction of sp³-hybridized carbons (Fsp3) is 0.286. The third kappa shape index (κ3) is 3.28. The Morgan fingerprint density at radius 3 is 2.90 bits per heavy atom. The van der Waals surface area contributed by atoms with Crippen molar-refractivity contribution >= 4 is 11.6 Å². The van der Waals surface area contributed by atoms with Crippen molar-refractivity contribution < 1.29 is 9.53 Å². The monoisotopic (exact) mass is 274 g/mol. The molecule has 20 heavy (non-hydrogen) atoms. The Kier molecular flexibility index (Phi) is 4.24. The van der Waals surface area contributed by atoms with E-state index in [1.54, 1.807) is 29.1 Å². The van der Waals surface area contributed by atoms with E-state index in [0.29, 0.717) is 30.2 Å². The number of rotatable bonds is 5. The summed E-state index contributed by atoms with van der Waals surface area (Å²) >= 11 is 0. The number of nitrogen functional groups attached to an aromatic ring is 1. The molecule has 0 fully saturated rings. The molecule has 2 aromatic rings. The van der Waals surface area contributed by atoms with Crippen LogP contribution in [-0.4, -0.2) is 22.3 Å². The number of carbonyl (C=O) groups is 1. The number of carbonyl (C=O) groups excluding carboxylic acids is 1. The molecule has 1 amide bonds. The molecular formula is C14H18N4O2. The van der Waals surface area contributed by atoms with Crippen molar-refractivity contribution in [2.75, 3.05) is 12.3 Å². The van der Waals surface area contributed by atoms with Gasteiger partial charge in [0.2, 0.25) is 0 Å². The third-order valence-electron chi connectivity index (χ3n) is 2.85. The average molecular weight is 274 g/mol. The molecule has 0 aliphatic rings. The smallest absolute Gasteiger partial charge is 0.251 e. The van der Waals surface area contributed by atoms with Gasteiger partial charge in [0, 0.05) is 30.6 Å². The number of aromatic nitrogens is 2. The third-order valence-corrected chi connectivity index (χ3v) is 2.85. The minimum Gasteiger partial charge on any atom is -0.494 e. The molecule has 0 aliphatic heterocycles. The molecule has 0 unspecified atom stereocenters. The first-order valence-electron chi connectivity index (χ1n) is 6.38. The number of aryl methyl sites for hydroxylation is 1. The van der Waals surface area contributed by atoms with Crippen LogP contribution in [0.5, 0.6) is 5.75 Å². The summed E-state index contributed by atoms with van der Waals surface area (Å²) in [5.74, 6) is 0.401. The molecular weight excluding hydrogens is 256 g/mol. The Balaban J connectivity index is 2.07. The van der Waals surface area contributed by atoms with Crippen molar-refractivity contribution in [3.8, 4) is 5.75 Å². The highest BCUT2D eigenvalue weighted by Crippen LogP contribution is 2.19. The molecule has 1 heterocycles. The molecule has 0 saturated heterocycles. The maximum absolute atomic E-state index is 12.1. The summed E-state index contributed by atoms with van der Waals surface area (Å²) in [6, 6.07) is 6.85. The van der Waals surface area contributed by atoms with Crippen molar-refractivity contribution in [1.82, 2.24) is 15.1 Å². The zero-order valence-electron chi connectivity index (χ0n) is 11.6. The van der Waals surface area contributed by atoms with Gasteiger partial charge in [0.15, 0.2) is 0 Å². The summed E-state index contributed by atoms with van der Waals surface area (Å²) in [7, 11) is 1.83. The summed E-state index contributed by atoms with van der Waals surface area (Å²) in [6.07, 6.45) is 1.69. The Labute approximate surface area is 117 Å². The van der Waals surface area contributed by atoms with Crippen LogP contribution in [0.2, 0.25) is 0 Å². The van der Waals surface area contributed by atoms with Crippen LogP contribution in [0.4, 0.5) is 5.69 Å². The maximum atomic E-state index is 12.1. The number of nitrogens with one attached hydrogen (secondary N) is 1. The summed E-state index contributed by atoms with van der Waals surface area (Å²) in [6.45, 7) is 2.82. The lowest BCUT2D eigenvalue weighted by molar-refractivity contribution is 0.0949. The summed E-state index contributed by atoms with van der Waals surface area (Å²) in [5, 5.41) is 6.87. The van der Waals surface area contributed by atoms with Gasteiger partial charge in [-0.2, -0.15) is 5.10 Å². The van der Waals surface area contributed by atoms with Crippen LogP contribution in [0.1, 0.15) is 23.0 Å². The minimum absolute atomic E-state index is 0.195. The number of nitrogens with zero attached hydrogens (tertiary/aromatic N) is 2. The number of hydrogen-bond donors (Lipinski definition) is 2. The van der Waals surface area contributed by atoms with Crippen LogP contribution < -0.4 is 15.8 Å². The number of ether oxygens (including phenoxy) is 1. The van der Waals surface area contributed by atoms with Crippen molar-refractivity contribution in [2.45, 2.75) is 13.5 Å². The van der Waals surface area contributed by atoms with Crippen LogP contribution in [0.25, 0.3) is 0 Å². The van der Waals surface area contributed by atoms with Crippen LogP contribution in [0, 0.1) is 0 Å². The van der Waals surface area contributed by atoms with E-state index in [1.807, 2.05) is 20.0 Å². The van der Waals surface area contributed by atoms with Gasteiger partial charge in [-0.05, 0) is 25.1 Å². The van der Waals surface area contributed by atoms with Gasteiger partial charge in [-0.25, -0.2) is 0 Å². The molecule has 6 nitrogen and oxygen atoms in total. The molecule has 0 saturated carbocycles.